The first kappa shape index (κ1) is 15.6. The van der Waals surface area contributed by atoms with Crippen LogP contribution in [0.1, 0.15) is 38.2 Å². The molecule has 1 aromatic heterocycles. The van der Waals surface area contributed by atoms with Crippen LogP contribution in [-0.4, -0.2) is 29.4 Å². The largest absolute Gasteiger partial charge is 0.341 e. The topological polar surface area (TPSA) is 59.2 Å². The summed E-state index contributed by atoms with van der Waals surface area (Å²) in [5.41, 5.74) is 6.68. The molecule has 1 heterocycles. The number of aromatic nitrogens is 1. The van der Waals surface area contributed by atoms with E-state index in [1.54, 1.807) is 17.3 Å². The van der Waals surface area contributed by atoms with Gasteiger partial charge in [0.1, 0.15) is 0 Å². The summed E-state index contributed by atoms with van der Waals surface area (Å²) in [4.78, 5) is 17.8. The number of hydrogen-bond donors (Lipinski definition) is 1. The summed E-state index contributed by atoms with van der Waals surface area (Å²) in [6, 6.07) is 3.88. The van der Waals surface area contributed by atoms with Crippen LogP contribution in [0.2, 0.25) is 0 Å². The fourth-order valence-electron chi connectivity index (χ4n) is 2.16. The van der Waals surface area contributed by atoms with Crippen LogP contribution in [0.3, 0.4) is 0 Å². The minimum Gasteiger partial charge on any atom is -0.341 e. The van der Waals surface area contributed by atoms with E-state index in [1.165, 1.54) is 0 Å². The number of pyridine rings is 1. The Hall–Kier alpha value is -1.42. The Labute approximate surface area is 116 Å². The van der Waals surface area contributed by atoms with Crippen LogP contribution in [0.5, 0.6) is 0 Å². The predicted molar refractivity (Wildman–Crippen MR) is 77.4 cm³/mol. The van der Waals surface area contributed by atoms with E-state index in [4.69, 9.17) is 5.73 Å². The second kappa shape index (κ2) is 8.64. The molecular weight excluding hydrogens is 238 g/mol. The minimum absolute atomic E-state index is 0.201. The third-order valence-corrected chi connectivity index (χ3v) is 3.51. The zero-order chi connectivity index (χ0) is 14.1. The van der Waals surface area contributed by atoms with Gasteiger partial charge in [-0.25, -0.2) is 0 Å². The average molecular weight is 263 g/mol. The molecule has 0 aromatic carbocycles. The molecule has 0 saturated heterocycles. The highest BCUT2D eigenvalue weighted by atomic mass is 16.2. The SMILES string of the molecule is CCC(CCN)CCC(=O)N(C)Cc1ccncc1. The molecule has 1 aromatic rings. The molecule has 2 N–H and O–H groups in total. The van der Waals surface area contributed by atoms with E-state index in [0.29, 0.717) is 25.4 Å². The van der Waals surface area contributed by atoms with E-state index in [2.05, 4.69) is 11.9 Å². The van der Waals surface area contributed by atoms with Gasteiger partial charge in [-0.3, -0.25) is 9.78 Å². The molecule has 4 heteroatoms. The molecule has 19 heavy (non-hydrogen) atoms. The average Bonchev–Trinajstić information content (AvgIpc) is 2.44. The number of nitrogens with zero attached hydrogens (tertiary/aromatic N) is 2. The predicted octanol–water partition coefficient (Wildman–Crippen LogP) is 2.20. The lowest BCUT2D eigenvalue weighted by atomic mass is 9.96. The molecule has 0 aliphatic heterocycles. The summed E-state index contributed by atoms with van der Waals surface area (Å²) in [6.45, 7) is 3.51. The molecule has 0 aliphatic rings. The van der Waals surface area contributed by atoms with Crippen molar-refractivity contribution in [3.05, 3.63) is 30.1 Å². The van der Waals surface area contributed by atoms with Crippen LogP contribution in [-0.2, 0) is 11.3 Å². The van der Waals surface area contributed by atoms with Gasteiger partial charge < -0.3 is 10.6 Å². The molecule has 0 spiro atoms. The van der Waals surface area contributed by atoms with Gasteiger partial charge in [-0.15, -0.1) is 0 Å². The third-order valence-electron chi connectivity index (χ3n) is 3.51. The van der Waals surface area contributed by atoms with Gasteiger partial charge >= 0.3 is 0 Å². The molecule has 0 bridgehead atoms. The normalized spacial score (nSPS) is 12.2. The summed E-state index contributed by atoms with van der Waals surface area (Å²) in [6.07, 6.45) is 7.16. The van der Waals surface area contributed by atoms with E-state index >= 15 is 0 Å². The fraction of sp³-hybridized carbons (Fsp3) is 0.600. The fourth-order valence-corrected chi connectivity index (χ4v) is 2.16. The Balaban J connectivity index is 2.36. The van der Waals surface area contributed by atoms with Crippen molar-refractivity contribution in [1.29, 1.82) is 0 Å². The van der Waals surface area contributed by atoms with E-state index < -0.39 is 0 Å². The van der Waals surface area contributed by atoms with E-state index in [0.717, 1.165) is 24.8 Å². The Morgan fingerprint density at radius 1 is 1.37 bits per heavy atom. The maximum atomic E-state index is 12.1. The second-order valence-corrected chi connectivity index (χ2v) is 5.00. The van der Waals surface area contributed by atoms with Crippen molar-refractivity contribution in [1.82, 2.24) is 9.88 Å². The van der Waals surface area contributed by atoms with Crippen molar-refractivity contribution in [2.45, 2.75) is 39.2 Å². The molecule has 0 radical (unpaired) electrons. The van der Waals surface area contributed by atoms with E-state index in [-0.39, 0.29) is 5.91 Å². The lowest BCUT2D eigenvalue weighted by Crippen LogP contribution is -2.26. The highest BCUT2D eigenvalue weighted by Crippen LogP contribution is 2.15. The monoisotopic (exact) mass is 263 g/mol. The van der Waals surface area contributed by atoms with Crippen LogP contribution < -0.4 is 5.73 Å². The summed E-state index contributed by atoms with van der Waals surface area (Å²) < 4.78 is 0. The first-order valence-electron chi connectivity index (χ1n) is 7.00. The lowest BCUT2D eigenvalue weighted by Gasteiger charge is -2.19. The first-order chi connectivity index (χ1) is 9.17. The van der Waals surface area contributed by atoms with Gasteiger partial charge in [0.05, 0.1) is 0 Å². The van der Waals surface area contributed by atoms with Gasteiger partial charge in [-0.05, 0) is 43.0 Å². The van der Waals surface area contributed by atoms with Gasteiger partial charge in [-0.1, -0.05) is 13.3 Å². The number of amides is 1. The summed E-state index contributed by atoms with van der Waals surface area (Å²) in [5.74, 6) is 0.774. The van der Waals surface area contributed by atoms with Gasteiger partial charge in [0.15, 0.2) is 0 Å². The highest BCUT2D eigenvalue weighted by molar-refractivity contribution is 5.75. The lowest BCUT2D eigenvalue weighted by molar-refractivity contribution is -0.130. The highest BCUT2D eigenvalue weighted by Gasteiger charge is 2.12. The van der Waals surface area contributed by atoms with Crippen LogP contribution in [0, 0.1) is 5.92 Å². The van der Waals surface area contributed by atoms with Crippen molar-refractivity contribution in [2.24, 2.45) is 11.7 Å². The molecule has 1 amide bonds. The molecular formula is C15H25N3O. The van der Waals surface area contributed by atoms with Crippen molar-refractivity contribution < 1.29 is 4.79 Å². The quantitative estimate of drug-likeness (QED) is 0.782. The van der Waals surface area contributed by atoms with Crippen LogP contribution in [0.25, 0.3) is 0 Å². The van der Waals surface area contributed by atoms with Gasteiger partial charge in [0.2, 0.25) is 5.91 Å². The van der Waals surface area contributed by atoms with Gasteiger partial charge in [-0.2, -0.15) is 0 Å². The summed E-state index contributed by atoms with van der Waals surface area (Å²) >= 11 is 0. The number of hydrogen-bond acceptors (Lipinski definition) is 3. The van der Waals surface area contributed by atoms with Crippen molar-refractivity contribution in [3.8, 4) is 0 Å². The Morgan fingerprint density at radius 3 is 2.63 bits per heavy atom. The van der Waals surface area contributed by atoms with Crippen LogP contribution in [0.15, 0.2) is 24.5 Å². The number of carbonyl (C=O) groups is 1. The Morgan fingerprint density at radius 2 is 2.05 bits per heavy atom. The maximum Gasteiger partial charge on any atom is 0.222 e. The third kappa shape index (κ3) is 5.83. The second-order valence-electron chi connectivity index (χ2n) is 5.00. The molecule has 0 fully saturated rings. The Kier molecular flexibility index (Phi) is 7.11. The standard InChI is InChI=1S/C15H25N3O/c1-3-13(6-9-16)4-5-15(19)18(2)12-14-7-10-17-11-8-14/h7-8,10-11,13H,3-6,9,12,16H2,1-2H3. The molecule has 0 aliphatic carbocycles. The number of rotatable bonds is 8. The van der Waals surface area contributed by atoms with Crippen LogP contribution >= 0.6 is 0 Å². The van der Waals surface area contributed by atoms with Crippen molar-refractivity contribution in [3.63, 3.8) is 0 Å². The zero-order valence-electron chi connectivity index (χ0n) is 12.0. The molecule has 0 saturated carbocycles. The number of carbonyl (C=O) groups excluding carboxylic acids is 1. The Bertz CT molecular complexity index is 367. The van der Waals surface area contributed by atoms with E-state index in [9.17, 15) is 4.79 Å². The van der Waals surface area contributed by atoms with E-state index in [1.807, 2.05) is 19.2 Å². The first-order valence-corrected chi connectivity index (χ1v) is 7.00. The van der Waals surface area contributed by atoms with Crippen LogP contribution in [0.4, 0.5) is 0 Å². The van der Waals surface area contributed by atoms with Gasteiger partial charge in [0, 0.05) is 32.4 Å². The maximum absolute atomic E-state index is 12.1. The van der Waals surface area contributed by atoms with Crippen molar-refractivity contribution in [2.75, 3.05) is 13.6 Å². The molecule has 4 nitrogen and oxygen atoms in total. The summed E-state index contributed by atoms with van der Waals surface area (Å²) in [5, 5.41) is 0. The smallest absolute Gasteiger partial charge is 0.222 e. The van der Waals surface area contributed by atoms with Gasteiger partial charge in [0.25, 0.3) is 0 Å². The molecule has 1 atom stereocenters. The molecule has 1 rings (SSSR count). The molecule has 106 valence electrons. The number of nitrogens with two attached hydrogens (primary N) is 1. The summed E-state index contributed by atoms with van der Waals surface area (Å²) in [7, 11) is 1.85. The van der Waals surface area contributed by atoms with Crippen molar-refractivity contribution >= 4 is 5.91 Å². The minimum atomic E-state index is 0.201. The zero-order valence-corrected chi connectivity index (χ0v) is 12.0. The molecule has 1 unspecified atom stereocenters.